The molecule has 0 atom stereocenters. The van der Waals surface area contributed by atoms with Gasteiger partial charge in [-0.3, -0.25) is 5.43 Å². The lowest BCUT2D eigenvalue weighted by molar-refractivity contribution is 0.284. The molecule has 0 saturated carbocycles. The van der Waals surface area contributed by atoms with Gasteiger partial charge in [0.05, 0.1) is 13.3 Å². The zero-order valence-corrected chi connectivity index (χ0v) is 16.5. The quantitative estimate of drug-likeness (QED) is 0.403. The molecule has 2 aromatic carbocycles. The maximum atomic E-state index is 5.98. The fourth-order valence-corrected chi connectivity index (χ4v) is 2.51. The molecule has 0 aliphatic carbocycles. The second-order valence-electron chi connectivity index (χ2n) is 5.02. The summed E-state index contributed by atoms with van der Waals surface area (Å²) in [5.74, 6) is 1.28. The van der Waals surface area contributed by atoms with Gasteiger partial charge in [-0.05, 0) is 49.0 Å². The van der Waals surface area contributed by atoms with E-state index in [1.165, 1.54) is 0 Å². The molecule has 0 spiro atoms. The van der Waals surface area contributed by atoms with Crippen LogP contribution in [0, 0.1) is 0 Å². The summed E-state index contributed by atoms with van der Waals surface area (Å²) in [6.45, 7) is 3.13. The maximum absolute atomic E-state index is 5.98. The highest BCUT2D eigenvalue weighted by molar-refractivity contribution is 9.10. The summed E-state index contributed by atoms with van der Waals surface area (Å²) in [5, 5.41) is 7.58. The Kier molecular flexibility index (Phi) is 7.69. The van der Waals surface area contributed by atoms with E-state index in [9.17, 15) is 0 Å². The van der Waals surface area contributed by atoms with Crippen LogP contribution in [0.25, 0.3) is 0 Å². The van der Waals surface area contributed by atoms with Crippen molar-refractivity contribution in [2.24, 2.45) is 5.10 Å². The number of benzene rings is 2. The SMILES string of the molecule is CCNC(=S)N/N=C/c1cccc(OC)c1OCc1ccc(Br)cc1. The standard InChI is InChI=1S/C18H20BrN3O2S/c1-3-20-18(25)22-21-11-14-5-4-6-16(23-2)17(14)24-12-13-7-9-15(19)10-8-13/h4-11H,3,12H2,1-2H3,(H2,20,22,25)/b21-11+. The molecule has 132 valence electrons. The molecular formula is C18H20BrN3O2S. The summed E-state index contributed by atoms with van der Waals surface area (Å²) >= 11 is 8.51. The van der Waals surface area contributed by atoms with Gasteiger partial charge in [0.2, 0.25) is 0 Å². The van der Waals surface area contributed by atoms with Crippen molar-refractivity contribution in [2.75, 3.05) is 13.7 Å². The van der Waals surface area contributed by atoms with Crippen molar-refractivity contribution in [3.8, 4) is 11.5 Å². The number of hydrogen-bond donors (Lipinski definition) is 2. The zero-order valence-electron chi connectivity index (χ0n) is 14.1. The van der Waals surface area contributed by atoms with Crippen molar-refractivity contribution in [3.05, 3.63) is 58.1 Å². The number of nitrogens with zero attached hydrogens (tertiary/aromatic N) is 1. The predicted molar refractivity (Wildman–Crippen MR) is 108 cm³/mol. The van der Waals surface area contributed by atoms with E-state index in [1.807, 2.05) is 49.4 Å². The molecule has 0 radical (unpaired) electrons. The first-order chi connectivity index (χ1) is 12.1. The third kappa shape index (κ3) is 6.03. The van der Waals surface area contributed by atoms with Gasteiger partial charge in [-0.1, -0.05) is 34.1 Å². The smallest absolute Gasteiger partial charge is 0.186 e. The number of para-hydroxylation sites is 1. The first-order valence-corrected chi connectivity index (χ1v) is 8.95. The minimum Gasteiger partial charge on any atom is -0.493 e. The van der Waals surface area contributed by atoms with Crippen LogP contribution < -0.4 is 20.2 Å². The van der Waals surface area contributed by atoms with Gasteiger partial charge in [-0.25, -0.2) is 0 Å². The number of hydrogen-bond acceptors (Lipinski definition) is 4. The van der Waals surface area contributed by atoms with Crippen LogP contribution in [0.2, 0.25) is 0 Å². The Bertz CT molecular complexity index is 736. The number of thiocarbonyl (C=S) groups is 1. The van der Waals surface area contributed by atoms with E-state index in [0.717, 1.165) is 22.1 Å². The molecule has 0 unspecified atom stereocenters. The average Bonchev–Trinajstić information content (AvgIpc) is 2.62. The fourth-order valence-electron chi connectivity index (χ4n) is 2.05. The van der Waals surface area contributed by atoms with Crippen LogP contribution in [-0.4, -0.2) is 25.0 Å². The van der Waals surface area contributed by atoms with Crippen LogP contribution in [0.1, 0.15) is 18.1 Å². The van der Waals surface area contributed by atoms with Crippen molar-refractivity contribution in [1.29, 1.82) is 0 Å². The molecule has 0 aliphatic rings. The third-order valence-corrected chi connectivity index (χ3v) is 4.00. The number of ether oxygens (including phenoxy) is 2. The maximum Gasteiger partial charge on any atom is 0.186 e. The van der Waals surface area contributed by atoms with E-state index < -0.39 is 0 Å². The van der Waals surface area contributed by atoms with Crippen molar-refractivity contribution >= 4 is 39.5 Å². The predicted octanol–water partition coefficient (Wildman–Crippen LogP) is 3.85. The Labute approximate surface area is 161 Å². The minimum absolute atomic E-state index is 0.428. The Morgan fingerprint density at radius 1 is 1.24 bits per heavy atom. The summed E-state index contributed by atoms with van der Waals surface area (Å²) in [6.07, 6.45) is 1.66. The van der Waals surface area contributed by atoms with Gasteiger partial charge in [0.15, 0.2) is 16.6 Å². The van der Waals surface area contributed by atoms with E-state index in [4.69, 9.17) is 21.7 Å². The van der Waals surface area contributed by atoms with Crippen molar-refractivity contribution in [3.63, 3.8) is 0 Å². The largest absolute Gasteiger partial charge is 0.493 e. The van der Waals surface area contributed by atoms with Crippen LogP contribution in [0.5, 0.6) is 11.5 Å². The van der Waals surface area contributed by atoms with Gasteiger partial charge in [-0.2, -0.15) is 5.10 Å². The Balaban J connectivity index is 2.13. The lowest BCUT2D eigenvalue weighted by atomic mass is 10.2. The Hall–Kier alpha value is -2.12. The average molecular weight is 422 g/mol. The van der Waals surface area contributed by atoms with Crippen LogP contribution in [0.4, 0.5) is 0 Å². The summed E-state index contributed by atoms with van der Waals surface area (Å²) in [7, 11) is 1.61. The topological polar surface area (TPSA) is 54.9 Å². The van der Waals surface area contributed by atoms with Crippen molar-refractivity contribution in [2.45, 2.75) is 13.5 Å². The van der Waals surface area contributed by atoms with Crippen LogP contribution in [0.3, 0.4) is 0 Å². The number of rotatable bonds is 7. The number of methoxy groups -OCH3 is 1. The van der Waals surface area contributed by atoms with Gasteiger partial charge < -0.3 is 14.8 Å². The van der Waals surface area contributed by atoms with Crippen LogP contribution in [-0.2, 0) is 6.61 Å². The molecule has 2 rings (SSSR count). The van der Waals surface area contributed by atoms with E-state index in [2.05, 4.69) is 31.8 Å². The highest BCUT2D eigenvalue weighted by atomic mass is 79.9. The molecule has 0 fully saturated rings. The van der Waals surface area contributed by atoms with Gasteiger partial charge >= 0.3 is 0 Å². The number of nitrogens with one attached hydrogen (secondary N) is 2. The lowest BCUT2D eigenvalue weighted by Gasteiger charge is -2.13. The molecule has 0 amide bonds. The number of hydrazone groups is 1. The Morgan fingerprint density at radius 3 is 2.68 bits per heavy atom. The highest BCUT2D eigenvalue weighted by Gasteiger charge is 2.09. The number of halogens is 1. The zero-order chi connectivity index (χ0) is 18.1. The fraction of sp³-hybridized carbons (Fsp3) is 0.222. The Morgan fingerprint density at radius 2 is 2.00 bits per heavy atom. The van der Waals surface area contributed by atoms with Gasteiger partial charge in [-0.15, -0.1) is 0 Å². The van der Waals surface area contributed by atoms with Crippen molar-refractivity contribution in [1.82, 2.24) is 10.7 Å². The van der Waals surface area contributed by atoms with Crippen LogP contribution in [0.15, 0.2) is 52.0 Å². The summed E-state index contributed by atoms with van der Waals surface area (Å²) in [5.41, 5.74) is 4.62. The molecule has 0 aromatic heterocycles. The monoisotopic (exact) mass is 421 g/mol. The molecule has 2 aromatic rings. The minimum atomic E-state index is 0.428. The van der Waals surface area contributed by atoms with E-state index in [-0.39, 0.29) is 0 Å². The summed E-state index contributed by atoms with van der Waals surface area (Å²) in [6, 6.07) is 13.6. The van der Waals surface area contributed by atoms with Gasteiger partial charge in [0.25, 0.3) is 0 Å². The van der Waals surface area contributed by atoms with E-state index >= 15 is 0 Å². The first-order valence-electron chi connectivity index (χ1n) is 7.75. The second kappa shape index (κ2) is 10.0. The molecule has 7 heteroatoms. The van der Waals surface area contributed by atoms with Gasteiger partial charge in [0, 0.05) is 16.6 Å². The molecule has 0 aliphatic heterocycles. The molecule has 2 N–H and O–H groups in total. The highest BCUT2D eigenvalue weighted by Crippen LogP contribution is 2.30. The summed E-state index contributed by atoms with van der Waals surface area (Å²) < 4.78 is 12.4. The molecule has 0 saturated heterocycles. The van der Waals surface area contributed by atoms with E-state index in [1.54, 1.807) is 13.3 Å². The molecule has 5 nitrogen and oxygen atoms in total. The third-order valence-electron chi connectivity index (χ3n) is 3.23. The van der Waals surface area contributed by atoms with Crippen LogP contribution >= 0.6 is 28.1 Å². The van der Waals surface area contributed by atoms with Crippen molar-refractivity contribution < 1.29 is 9.47 Å². The molecule has 0 heterocycles. The molecule has 25 heavy (non-hydrogen) atoms. The normalized spacial score (nSPS) is 10.5. The molecular weight excluding hydrogens is 402 g/mol. The van der Waals surface area contributed by atoms with E-state index in [0.29, 0.717) is 23.2 Å². The first kappa shape index (κ1) is 19.2. The lowest BCUT2D eigenvalue weighted by Crippen LogP contribution is -2.31. The van der Waals surface area contributed by atoms with Gasteiger partial charge in [0.1, 0.15) is 6.61 Å². The second-order valence-corrected chi connectivity index (χ2v) is 6.35. The summed E-state index contributed by atoms with van der Waals surface area (Å²) in [4.78, 5) is 0. The molecule has 0 bridgehead atoms.